The lowest BCUT2D eigenvalue weighted by Crippen LogP contribution is -2.44. The Labute approximate surface area is 174 Å². The van der Waals surface area contributed by atoms with Gasteiger partial charge in [0.15, 0.2) is 6.61 Å². The van der Waals surface area contributed by atoms with Crippen LogP contribution in [0.2, 0.25) is 0 Å². The van der Waals surface area contributed by atoms with Crippen molar-refractivity contribution in [1.82, 2.24) is 10.9 Å². The summed E-state index contributed by atoms with van der Waals surface area (Å²) in [5.74, 6) is -0.507. The summed E-state index contributed by atoms with van der Waals surface area (Å²) in [6, 6.07) is 25.1. The van der Waals surface area contributed by atoms with Gasteiger partial charge in [-0.3, -0.25) is 20.4 Å². The Balaban J connectivity index is 1.58. The fourth-order valence-corrected chi connectivity index (χ4v) is 2.75. The van der Waals surface area contributed by atoms with E-state index in [-0.39, 0.29) is 6.61 Å². The second-order valence-electron chi connectivity index (χ2n) is 6.34. The van der Waals surface area contributed by atoms with Crippen molar-refractivity contribution in [3.63, 3.8) is 0 Å². The normalized spacial score (nSPS) is 9.87. The zero-order valence-electron chi connectivity index (χ0n) is 16.3. The Kier molecular flexibility index (Phi) is 6.64. The third-order valence-electron chi connectivity index (χ3n) is 4.32. The lowest BCUT2D eigenvalue weighted by atomic mass is 10.1. The molecule has 2 N–H and O–H groups in total. The van der Waals surface area contributed by atoms with Gasteiger partial charge in [-0.05, 0) is 48.5 Å². The highest BCUT2D eigenvalue weighted by Gasteiger charge is 2.15. The zero-order valence-corrected chi connectivity index (χ0v) is 16.3. The Morgan fingerprint density at radius 2 is 1.60 bits per heavy atom. The van der Waals surface area contributed by atoms with Crippen molar-refractivity contribution in [3.8, 4) is 11.8 Å². The molecule has 0 heterocycles. The van der Waals surface area contributed by atoms with Crippen LogP contribution in [0.5, 0.6) is 5.75 Å². The lowest BCUT2D eigenvalue weighted by Gasteiger charge is -2.22. The molecular formula is C23H20N4O3. The van der Waals surface area contributed by atoms with E-state index in [4.69, 9.17) is 10.00 Å². The molecule has 3 aromatic rings. The maximum absolute atomic E-state index is 12.6. The number of hydrogen-bond donors (Lipinski definition) is 2. The van der Waals surface area contributed by atoms with Crippen LogP contribution in [0.4, 0.5) is 11.4 Å². The molecule has 30 heavy (non-hydrogen) atoms. The molecule has 0 aliphatic heterocycles. The van der Waals surface area contributed by atoms with Crippen LogP contribution in [0.25, 0.3) is 0 Å². The number of hydrogen-bond acceptors (Lipinski definition) is 5. The first-order valence-electron chi connectivity index (χ1n) is 9.18. The number of nitrogens with zero attached hydrogens (tertiary/aromatic N) is 2. The topological polar surface area (TPSA) is 94.5 Å². The van der Waals surface area contributed by atoms with Crippen LogP contribution >= 0.6 is 0 Å². The Morgan fingerprint density at radius 3 is 2.30 bits per heavy atom. The van der Waals surface area contributed by atoms with E-state index < -0.39 is 11.8 Å². The van der Waals surface area contributed by atoms with E-state index in [0.29, 0.717) is 22.6 Å². The molecule has 0 radical (unpaired) electrons. The van der Waals surface area contributed by atoms with Gasteiger partial charge in [0.2, 0.25) is 0 Å². The van der Waals surface area contributed by atoms with Crippen molar-refractivity contribution in [2.24, 2.45) is 0 Å². The fourth-order valence-electron chi connectivity index (χ4n) is 2.75. The highest BCUT2D eigenvalue weighted by atomic mass is 16.5. The Bertz CT molecular complexity index is 1060. The van der Waals surface area contributed by atoms with Gasteiger partial charge in [-0.2, -0.15) is 5.26 Å². The van der Waals surface area contributed by atoms with E-state index >= 15 is 0 Å². The van der Waals surface area contributed by atoms with E-state index in [1.165, 1.54) is 0 Å². The van der Waals surface area contributed by atoms with Crippen molar-refractivity contribution in [3.05, 3.63) is 90.0 Å². The zero-order chi connectivity index (χ0) is 21.3. The third kappa shape index (κ3) is 5.14. The number of anilines is 2. The maximum Gasteiger partial charge on any atom is 0.276 e. The third-order valence-corrected chi connectivity index (χ3v) is 4.32. The molecule has 7 nitrogen and oxygen atoms in total. The van der Waals surface area contributed by atoms with Crippen molar-refractivity contribution in [2.75, 3.05) is 18.6 Å². The van der Waals surface area contributed by atoms with Crippen LogP contribution < -0.4 is 20.5 Å². The van der Waals surface area contributed by atoms with Crippen LogP contribution in [0.15, 0.2) is 78.9 Å². The SMILES string of the molecule is CN(c1ccccc1)c1ccccc1C(=O)NNC(=O)COc1ccc(C#N)cc1. The maximum atomic E-state index is 12.6. The number of nitriles is 1. The average molecular weight is 400 g/mol. The summed E-state index contributed by atoms with van der Waals surface area (Å²) in [7, 11) is 1.87. The van der Waals surface area contributed by atoms with E-state index in [1.54, 1.807) is 36.4 Å². The molecule has 0 aromatic heterocycles. The largest absolute Gasteiger partial charge is 0.484 e. The summed E-state index contributed by atoms with van der Waals surface area (Å²) in [4.78, 5) is 26.5. The van der Waals surface area contributed by atoms with Crippen LogP contribution in [0, 0.1) is 11.3 Å². The molecule has 0 saturated carbocycles. The van der Waals surface area contributed by atoms with Gasteiger partial charge in [-0.25, -0.2) is 0 Å². The molecule has 3 rings (SSSR count). The Hall–Kier alpha value is -4.31. The predicted molar refractivity (Wildman–Crippen MR) is 113 cm³/mol. The second kappa shape index (κ2) is 9.75. The van der Waals surface area contributed by atoms with Gasteiger partial charge in [0, 0.05) is 12.7 Å². The second-order valence-corrected chi connectivity index (χ2v) is 6.34. The molecule has 0 aliphatic rings. The minimum absolute atomic E-state index is 0.280. The quantitative estimate of drug-likeness (QED) is 0.620. The molecule has 7 heteroatoms. The van der Waals surface area contributed by atoms with E-state index in [1.807, 2.05) is 60.5 Å². The van der Waals surface area contributed by atoms with Gasteiger partial charge >= 0.3 is 0 Å². The number of carbonyl (C=O) groups excluding carboxylic acids is 2. The number of para-hydroxylation sites is 2. The van der Waals surface area contributed by atoms with Gasteiger partial charge in [-0.15, -0.1) is 0 Å². The molecule has 0 bridgehead atoms. The van der Waals surface area contributed by atoms with Gasteiger partial charge in [0.25, 0.3) is 11.8 Å². The molecule has 0 saturated heterocycles. The fraction of sp³-hybridized carbons (Fsp3) is 0.0870. The molecule has 0 unspecified atom stereocenters. The van der Waals surface area contributed by atoms with Crippen molar-refractivity contribution >= 4 is 23.2 Å². The monoisotopic (exact) mass is 400 g/mol. The van der Waals surface area contributed by atoms with E-state index in [2.05, 4.69) is 10.9 Å². The molecule has 2 amide bonds. The minimum Gasteiger partial charge on any atom is -0.484 e. The summed E-state index contributed by atoms with van der Waals surface area (Å²) < 4.78 is 5.34. The first-order chi connectivity index (χ1) is 14.6. The number of ether oxygens (including phenoxy) is 1. The highest BCUT2D eigenvalue weighted by Crippen LogP contribution is 2.26. The van der Waals surface area contributed by atoms with Gasteiger partial charge in [-0.1, -0.05) is 30.3 Å². The highest BCUT2D eigenvalue weighted by molar-refractivity contribution is 6.01. The van der Waals surface area contributed by atoms with E-state index in [0.717, 1.165) is 5.69 Å². The summed E-state index contributed by atoms with van der Waals surface area (Å²) in [6.07, 6.45) is 0. The van der Waals surface area contributed by atoms with Gasteiger partial charge < -0.3 is 9.64 Å². The van der Waals surface area contributed by atoms with Crippen LogP contribution in [0.1, 0.15) is 15.9 Å². The predicted octanol–water partition coefficient (Wildman–Crippen LogP) is 3.17. The minimum atomic E-state index is -0.512. The molecule has 0 fully saturated rings. The molecule has 0 spiro atoms. The first kappa shape index (κ1) is 20.4. The van der Waals surface area contributed by atoms with Crippen molar-refractivity contribution in [1.29, 1.82) is 5.26 Å². The molecular weight excluding hydrogens is 380 g/mol. The number of benzene rings is 3. The lowest BCUT2D eigenvalue weighted by molar-refractivity contribution is -0.123. The molecule has 0 atom stereocenters. The van der Waals surface area contributed by atoms with Crippen molar-refractivity contribution < 1.29 is 14.3 Å². The van der Waals surface area contributed by atoms with E-state index in [9.17, 15) is 9.59 Å². The summed E-state index contributed by atoms with van der Waals surface area (Å²) >= 11 is 0. The number of rotatable bonds is 6. The van der Waals surface area contributed by atoms with Crippen molar-refractivity contribution in [2.45, 2.75) is 0 Å². The number of amides is 2. The van der Waals surface area contributed by atoms with Crippen LogP contribution in [-0.2, 0) is 4.79 Å². The first-order valence-corrected chi connectivity index (χ1v) is 9.18. The van der Waals surface area contributed by atoms with Gasteiger partial charge in [0.05, 0.1) is 22.9 Å². The molecule has 0 aliphatic carbocycles. The number of nitrogens with one attached hydrogen (secondary N) is 2. The Morgan fingerprint density at radius 1 is 0.933 bits per heavy atom. The van der Waals surface area contributed by atoms with Crippen LogP contribution in [0.3, 0.4) is 0 Å². The standard InChI is InChI=1S/C23H20N4O3/c1-27(18-7-3-2-4-8-18)21-10-6-5-9-20(21)23(29)26-25-22(28)16-30-19-13-11-17(15-24)12-14-19/h2-14H,16H2,1H3,(H,25,28)(H,26,29). The molecule has 3 aromatic carbocycles. The summed E-state index contributed by atoms with van der Waals surface area (Å²) in [5.41, 5.74) is 7.30. The van der Waals surface area contributed by atoms with Crippen LogP contribution in [-0.4, -0.2) is 25.5 Å². The smallest absolute Gasteiger partial charge is 0.276 e. The van der Waals surface area contributed by atoms with Gasteiger partial charge in [0.1, 0.15) is 5.75 Å². The molecule has 150 valence electrons. The number of carbonyl (C=O) groups is 2. The average Bonchev–Trinajstić information content (AvgIpc) is 2.81. The number of hydrazine groups is 1. The summed E-state index contributed by atoms with van der Waals surface area (Å²) in [5, 5.41) is 8.78. The summed E-state index contributed by atoms with van der Waals surface area (Å²) in [6.45, 7) is -0.280.